The van der Waals surface area contributed by atoms with Gasteiger partial charge < -0.3 is 9.47 Å². The number of hydrogen-bond donors (Lipinski definition) is 1. The molecule has 0 radical (unpaired) electrons. The van der Waals surface area contributed by atoms with Crippen LogP contribution in [0.3, 0.4) is 0 Å². The molecule has 0 saturated heterocycles. The lowest BCUT2D eigenvalue weighted by atomic mass is 10.3. The summed E-state index contributed by atoms with van der Waals surface area (Å²) in [4.78, 5) is 19.7. The second-order valence-corrected chi connectivity index (χ2v) is 6.35. The monoisotopic (exact) mass is 354 g/mol. The number of hydrogen-bond acceptors (Lipinski definition) is 4. The number of likely N-dealkylation sites (N-methyl/N-ethyl adjacent to an activating group) is 1. The third-order valence-electron chi connectivity index (χ3n) is 4.65. The number of carbonyl (C=O) groups excluding carboxylic acids is 1. The minimum Gasteiger partial charge on any atom is -0.309 e. The van der Waals surface area contributed by atoms with Crippen molar-refractivity contribution < 1.29 is 4.79 Å². The van der Waals surface area contributed by atoms with Gasteiger partial charge in [-0.1, -0.05) is 26.0 Å². The zero-order valence-electron chi connectivity index (χ0n) is 15.9. The second-order valence-electron chi connectivity index (χ2n) is 6.35. The maximum Gasteiger partial charge on any atom is 0.276 e. The fourth-order valence-electron chi connectivity index (χ4n) is 3.17. The molecular formula is C19H26N6O. The van der Waals surface area contributed by atoms with E-state index in [0.29, 0.717) is 11.6 Å². The van der Waals surface area contributed by atoms with Gasteiger partial charge in [0.05, 0.1) is 16.7 Å². The summed E-state index contributed by atoms with van der Waals surface area (Å²) in [6, 6.07) is 9.73. The molecule has 0 saturated carbocycles. The minimum absolute atomic E-state index is 0.201. The summed E-state index contributed by atoms with van der Waals surface area (Å²) in [5.74, 6) is 0.370. The lowest BCUT2D eigenvalue weighted by Crippen LogP contribution is -2.28. The van der Waals surface area contributed by atoms with Crippen LogP contribution in [0.4, 0.5) is 5.95 Å². The number of aryl methyl sites for hydroxylation is 2. The number of anilines is 1. The standard InChI is InChI=1S/C19H26N6O/c1-5-24(6-2)11-12-25-16-10-8-7-9-15(16)20-19(25)21-18(26)17-13-14(3)22-23(17)4/h7-10,13H,5-6,11-12H2,1-4H3,(H,20,21,26). The Hall–Kier alpha value is -2.67. The fourth-order valence-corrected chi connectivity index (χ4v) is 3.17. The summed E-state index contributed by atoms with van der Waals surface area (Å²) in [6.45, 7) is 9.85. The van der Waals surface area contributed by atoms with Crippen molar-refractivity contribution in [3.05, 3.63) is 41.7 Å². The average Bonchev–Trinajstić information content (AvgIpc) is 3.15. The number of aromatic nitrogens is 4. The number of amides is 1. The highest BCUT2D eigenvalue weighted by Crippen LogP contribution is 2.20. The molecule has 0 aliphatic carbocycles. The van der Waals surface area contributed by atoms with Crippen molar-refractivity contribution in [1.29, 1.82) is 0 Å². The second kappa shape index (κ2) is 7.70. The van der Waals surface area contributed by atoms with Crippen LogP contribution in [0.15, 0.2) is 30.3 Å². The van der Waals surface area contributed by atoms with Gasteiger partial charge in [0.15, 0.2) is 0 Å². The highest BCUT2D eigenvalue weighted by Gasteiger charge is 2.17. The van der Waals surface area contributed by atoms with Gasteiger partial charge >= 0.3 is 0 Å². The summed E-state index contributed by atoms with van der Waals surface area (Å²) in [5, 5.41) is 7.21. The fraction of sp³-hybridized carbons (Fsp3) is 0.421. The van der Waals surface area contributed by atoms with E-state index >= 15 is 0 Å². The van der Waals surface area contributed by atoms with Crippen molar-refractivity contribution in [3.8, 4) is 0 Å². The molecule has 2 heterocycles. The van der Waals surface area contributed by atoms with E-state index < -0.39 is 0 Å². The predicted octanol–water partition coefficient (Wildman–Crippen LogP) is 2.67. The summed E-state index contributed by atoms with van der Waals surface area (Å²) in [6.07, 6.45) is 0. The molecule has 3 rings (SSSR count). The van der Waals surface area contributed by atoms with Gasteiger partial charge in [-0.3, -0.25) is 14.8 Å². The van der Waals surface area contributed by atoms with Gasteiger partial charge in [-0.05, 0) is 38.2 Å². The summed E-state index contributed by atoms with van der Waals surface area (Å²) in [5.41, 5.74) is 3.23. The molecule has 0 bridgehead atoms. The minimum atomic E-state index is -0.201. The van der Waals surface area contributed by atoms with Gasteiger partial charge in [-0.2, -0.15) is 5.10 Å². The van der Waals surface area contributed by atoms with E-state index in [2.05, 4.69) is 38.7 Å². The largest absolute Gasteiger partial charge is 0.309 e. The molecule has 0 atom stereocenters. The van der Waals surface area contributed by atoms with E-state index in [-0.39, 0.29) is 5.91 Å². The molecule has 7 nitrogen and oxygen atoms in total. The van der Waals surface area contributed by atoms with E-state index in [0.717, 1.165) is 42.9 Å². The Balaban J connectivity index is 1.90. The lowest BCUT2D eigenvalue weighted by Gasteiger charge is -2.19. The van der Waals surface area contributed by atoms with Gasteiger partial charge in [-0.25, -0.2) is 4.98 Å². The van der Waals surface area contributed by atoms with Crippen LogP contribution in [0.5, 0.6) is 0 Å². The number of nitrogens with one attached hydrogen (secondary N) is 1. The van der Waals surface area contributed by atoms with Crippen molar-refractivity contribution in [2.45, 2.75) is 27.3 Å². The maximum absolute atomic E-state index is 12.7. The van der Waals surface area contributed by atoms with Crippen molar-refractivity contribution >= 4 is 22.9 Å². The zero-order chi connectivity index (χ0) is 18.7. The molecule has 2 aromatic heterocycles. The quantitative estimate of drug-likeness (QED) is 0.708. The van der Waals surface area contributed by atoms with Crippen LogP contribution in [0.25, 0.3) is 11.0 Å². The first kappa shape index (κ1) is 18.1. The van der Waals surface area contributed by atoms with Crippen molar-refractivity contribution in [2.24, 2.45) is 7.05 Å². The average molecular weight is 354 g/mol. The Morgan fingerprint density at radius 1 is 1.23 bits per heavy atom. The molecule has 26 heavy (non-hydrogen) atoms. The zero-order valence-corrected chi connectivity index (χ0v) is 15.9. The van der Waals surface area contributed by atoms with Crippen LogP contribution in [0.1, 0.15) is 30.0 Å². The lowest BCUT2D eigenvalue weighted by molar-refractivity contribution is 0.101. The summed E-state index contributed by atoms with van der Waals surface area (Å²) < 4.78 is 3.67. The van der Waals surface area contributed by atoms with Crippen LogP contribution >= 0.6 is 0 Å². The molecule has 0 aliphatic rings. The summed E-state index contributed by atoms with van der Waals surface area (Å²) in [7, 11) is 1.77. The molecule has 1 amide bonds. The number of nitrogens with zero attached hydrogens (tertiary/aromatic N) is 5. The molecule has 0 fully saturated rings. The third kappa shape index (κ3) is 3.62. The third-order valence-corrected chi connectivity index (χ3v) is 4.65. The Morgan fingerprint density at radius 2 is 1.96 bits per heavy atom. The van der Waals surface area contributed by atoms with E-state index in [1.165, 1.54) is 0 Å². The SMILES string of the molecule is CCN(CC)CCn1c(NC(=O)c2cc(C)nn2C)nc2ccccc21. The molecular weight excluding hydrogens is 328 g/mol. The Morgan fingerprint density at radius 3 is 2.62 bits per heavy atom. The van der Waals surface area contributed by atoms with E-state index in [4.69, 9.17) is 0 Å². The van der Waals surface area contributed by atoms with E-state index in [9.17, 15) is 4.79 Å². The Bertz CT molecular complexity index is 906. The van der Waals surface area contributed by atoms with Gasteiger partial charge in [0.2, 0.25) is 5.95 Å². The number of fused-ring (bicyclic) bond motifs is 1. The van der Waals surface area contributed by atoms with Gasteiger partial charge in [0.1, 0.15) is 5.69 Å². The Kier molecular flexibility index (Phi) is 5.37. The van der Waals surface area contributed by atoms with Crippen LogP contribution in [-0.4, -0.2) is 49.8 Å². The highest BCUT2D eigenvalue weighted by molar-refractivity contribution is 6.03. The molecule has 0 unspecified atom stereocenters. The number of imidazole rings is 1. The van der Waals surface area contributed by atoms with Crippen LogP contribution in [0, 0.1) is 6.92 Å². The molecule has 1 N–H and O–H groups in total. The van der Waals surface area contributed by atoms with Crippen molar-refractivity contribution in [3.63, 3.8) is 0 Å². The molecule has 0 aliphatic heterocycles. The molecule has 138 valence electrons. The number of rotatable bonds is 7. The first-order valence-electron chi connectivity index (χ1n) is 9.03. The van der Waals surface area contributed by atoms with Crippen LogP contribution in [-0.2, 0) is 13.6 Å². The molecule has 3 aromatic rings. The molecule has 7 heteroatoms. The van der Waals surface area contributed by atoms with Gasteiger partial charge in [0, 0.05) is 20.1 Å². The summed E-state index contributed by atoms with van der Waals surface area (Å²) >= 11 is 0. The number of carbonyl (C=O) groups is 1. The van der Waals surface area contributed by atoms with Gasteiger partial charge in [-0.15, -0.1) is 0 Å². The predicted molar refractivity (Wildman–Crippen MR) is 103 cm³/mol. The first-order chi connectivity index (χ1) is 12.5. The topological polar surface area (TPSA) is 68.0 Å². The van der Waals surface area contributed by atoms with Crippen LogP contribution < -0.4 is 5.32 Å². The van der Waals surface area contributed by atoms with Gasteiger partial charge in [0.25, 0.3) is 5.91 Å². The van der Waals surface area contributed by atoms with Crippen molar-refractivity contribution in [2.75, 3.05) is 25.0 Å². The first-order valence-corrected chi connectivity index (χ1v) is 9.03. The normalized spacial score (nSPS) is 11.4. The van der Waals surface area contributed by atoms with Crippen molar-refractivity contribution in [1.82, 2.24) is 24.2 Å². The number of benzene rings is 1. The van der Waals surface area contributed by atoms with E-state index in [1.54, 1.807) is 17.8 Å². The Labute approximate surface area is 153 Å². The van der Waals surface area contributed by atoms with Crippen LogP contribution in [0.2, 0.25) is 0 Å². The number of para-hydroxylation sites is 2. The molecule has 0 spiro atoms. The molecule has 1 aromatic carbocycles. The van der Waals surface area contributed by atoms with E-state index in [1.807, 2.05) is 31.2 Å². The maximum atomic E-state index is 12.7. The highest BCUT2D eigenvalue weighted by atomic mass is 16.2. The smallest absolute Gasteiger partial charge is 0.276 e.